The third-order valence-electron chi connectivity index (χ3n) is 5.60. The summed E-state index contributed by atoms with van der Waals surface area (Å²) in [5.74, 6) is 0. The van der Waals surface area contributed by atoms with Gasteiger partial charge < -0.3 is 10.2 Å². The number of hydroxylamine groups is 2. The minimum atomic E-state index is -0.991. The molecule has 0 bridgehead atoms. The Morgan fingerprint density at radius 3 is 2.41 bits per heavy atom. The van der Waals surface area contributed by atoms with Crippen LogP contribution in [0.25, 0.3) is 0 Å². The van der Waals surface area contributed by atoms with Gasteiger partial charge in [-0.1, -0.05) is 55.1 Å². The number of urea groups is 2. The standard InChI is InChI=1S/C23H28Cl2N4O3/c1-4-5-6-13-27-22(31)28(19-12-8-10-17(25)15-19)20(23(27,2)3)29(32)21(30)26-18-11-7-9-16(24)14-18/h7-12,14-15,20,32H,4-6,13H2,1-3H3,(H,26,30)/t20-/m0/s1. The van der Waals surface area contributed by atoms with Crippen LogP contribution in [0, 0.1) is 0 Å². The molecule has 0 radical (unpaired) electrons. The molecule has 4 amide bonds. The van der Waals surface area contributed by atoms with E-state index in [1.807, 2.05) is 13.8 Å². The number of unbranched alkanes of at least 4 members (excludes halogenated alkanes) is 2. The predicted octanol–water partition coefficient (Wildman–Crippen LogP) is 6.45. The van der Waals surface area contributed by atoms with Crippen molar-refractivity contribution in [3.63, 3.8) is 0 Å². The molecule has 1 saturated heterocycles. The Morgan fingerprint density at radius 1 is 1.12 bits per heavy atom. The van der Waals surface area contributed by atoms with E-state index in [4.69, 9.17) is 23.2 Å². The summed E-state index contributed by atoms with van der Waals surface area (Å²) >= 11 is 12.2. The number of halogens is 2. The lowest BCUT2D eigenvalue weighted by Gasteiger charge is -2.38. The minimum absolute atomic E-state index is 0.298. The number of benzene rings is 2. The Balaban J connectivity index is 1.95. The maximum absolute atomic E-state index is 13.5. The van der Waals surface area contributed by atoms with Crippen molar-refractivity contribution in [1.82, 2.24) is 9.96 Å². The highest BCUT2D eigenvalue weighted by atomic mass is 35.5. The van der Waals surface area contributed by atoms with Gasteiger partial charge >= 0.3 is 12.1 Å². The first-order chi connectivity index (χ1) is 15.2. The Kier molecular flexibility index (Phi) is 7.54. The zero-order valence-electron chi connectivity index (χ0n) is 18.4. The van der Waals surface area contributed by atoms with Crippen LogP contribution in [0.3, 0.4) is 0 Å². The first kappa shape index (κ1) is 24.2. The number of hydrogen-bond donors (Lipinski definition) is 2. The fourth-order valence-electron chi connectivity index (χ4n) is 3.98. The molecule has 9 heteroatoms. The molecule has 1 fully saturated rings. The van der Waals surface area contributed by atoms with Crippen molar-refractivity contribution in [3.05, 3.63) is 58.6 Å². The fourth-order valence-corrected chi connectivity index (χ4v) is 4.36. The van der Waals surface area contributed by atoms with Crippen LogP contribution in [0.1, 0.15) is 40.0 Å². The molecule has 2 aromatic rings. The summed E-state index contributed by atoms with van der Waals surface area (Å²) in [6.45, 7) is 6.27. The van der Waals surface area contributed by atoms with Crippen molar-refractivity contribution in [2.45, 2.75) is 51.7 Å². The summed E-state index contributed by atoms with van der Waals surface area (Å²) in [5, 5.41) is 15.1. The van der Waals surface area contributed by atoms with Gasteiger partial charge in [-0.25, -0.2) is 9.59 Å². The van der Waals surface area contributed by atoms with Gasteiger partial charge in [-0.3, -0.25) is 10.1 Å². The Bertz CT molecular complexity index is 985. The van der Waals surface area contributed by atoms with E-state index in [0.717, 1.165) is 19.3 Å². The Labute approximate surface area is 198 Å². The van der Waals surface area contributed by atoms with Gasteiger partial charge in [0.1, 0.15) is 0 Å². The topological polar surface area (TPSA) is 76.1 Å². The van der Waals surface area contributed by atoms with Gasteiger partial charge in [0.15, 0.2) is 6.17 Å². The van der Waals surface area contributed by atoms with Gasteiger partial charge in [0.2, 0.25) is 0 Å². The molecule has 1 aliphatic heterocycles. The molecular weight excluding hydrogens is 451 g/mol. The second-order valence-electron chi connectivity index (χ2n) is 8.30. The van der Waals surface area contributed by atoms with Gasteiger partial charge in [0.25, 0.3) is 0 Å². The summed E-state index contributed by atoms with van der Waals surface area (Å²) < 4.78 is 0. The van der Waals surface area contributed by atoms with E-state index in [9.17, 15) is 14.8 Å². The first-order valence-corrected chi connectivity index (χ1v) is 11.3. The average molecular weight is 479 g/mol. The van der Waals surface area contributed by atoms with Crippen LogP contribution in [-0.4, -0.2) is 45.5 Å². The van der Waals surface area contributed by atoms with Crippen LogP contribution in [0.4, 0.5) is 21.0 Å². The van der Waals surface area contributed by atoms with Gasteiger partial charge in [-0.05, 0) is 56.7 Å². The maximum Gasteiger partial charge on any atom is 0.347 e. The van der Waals surface area contributed by atoms with E-state index in [-0.39, 0.29) is 6.03 Å². The van der Waals surface area contributed by atoms with Crippen molar-refractivity contribution in [2.75, 3.05) is 16.8 Å². The van der Waals surface area contributed by atoms with Crippen molar-refractivity contribution in [2.24, 2.45) is 0 Å². The number of amides is 4. The third kappa shape index (κ3) is 4.95. The second kappa shape index (κ2) is 9.98. The van der Waals surface area contributed by atoms with Crippen LogP contribution in [0.5, 0.6) is 0 Å². The quantitative estimate of drug-likeness (QED) is 0.272. The number of anilines is 2. The van der Waals surface area contributed by atoms with Crippen LogP contribution in [-0.2, 0) is 0 Å². The van der Waals surface area contributed by atoms with Gasteiger partial charge in [0.05, 0.1) is 5.54 Å². The molecule has 7 nitrogen and oxygen atoms in total. The fraction of sp³-hybridized carbons (Fsp3) is 0.391. The summed E-state index contributed by atoms with van der Waals surface area (Å²) in [6, 6.07) is 12.3. The molecule has 0 aliphatic carbocycles. The summed E-state index contributed by atoms with van der Waals surface area (Å²) in [5.41, 5.74) is 0.0408. The second-order valence-corrected chi connectivity index (χ2v) is 9.18. The molecule has 2 N–H and O–H groups in total. The number of carbonyl (C=O) groups excluding carboxylic acids is 2. The SMILES string of the molecule is CCCCCN1C(=O)N(c2cccc(Cl)c2)[C@@H](N(O)C(=O)Nc2cccc(Cl)c2)C1(C)C. The number of nitrogens with zero attached hydrogens (tertiary/aromatic N) is 3. The zero-order chi connectivity index (χ0) is 23.5. The van der Waals surface area contributed by atoms with E-state index >= 15 is 0 Å². The minimum Gasteiger partial charge on any atom is -0.315 e. The largest absolute Gasteiger partial charge is 0.347 e. The molecule has 32 heavy (non-hydrogen) atoms. The lowest BCUT2D eigenvalue weighted by molar-refractivity contribution is -0.0949. The smallest absolute Gasteiger partial charge is 0.315 e. The lowest BCUT2D eigenvalue weighted by atomic mass is 9.99. The predicted molar refractivity (Wildman–Crippen MR) is 128 cm³/mol. The molecule has 1 aliphatic rings. The highest BCUT2D eigenvalue weighted by molar-refractivity contribution is 6.31. The van der Waals surface area contributed by atoms with Gasteiger partial charge in [-0.2, -0.15) is 5.06 Å². The summed E-state index contributed by atoms with van der Waals surface area (Å²) in [4.78, 5) is 29.6. The van der Waals surface area contributed by atoms with Gasteiger partial charge in [0, 0.05) is 28.0 Å². The highest BCUT2D eigenvalue weighted by Gasteiger charge is 2.55. The van der Waals surface area contributed by atoms with E-state index in [0.29, 0.717) is 33.0 Å². The summed E-state index contributed by atoms with van der Waals surface area (Å²) in [6.07, 6.45) is 1.81. The average Bonchev–Trinajstić information content (AvgIpc) is 2.93. The monoisotopic (exact) mass is 478 g/mol. The van der Waals surface area contributed by atoms with Gasteiger partial charge in [-0.15, -0.1) is 0 Å². The Hall–Kier alpha value is -2.48. The molecule has 1 heterocycles. The summed E-state index contributed by atoms with van der Waals surface area (Å²) in [7, 11) is 0. The lowest BCUT2D eigenvalue weighted by Crippen LogP contribution is -2.58. The molecule has 0 aromatic heterocycles. The molecule has 0 unspecified atom stereocenters. The normalized spacial score (nSPS) is 17.6. The molecule has 0 spiro atoms. The van der Waals surface area contributed by atoms with Crippen molar-refractivity contribution < 1.29 is 14.8 Å². The number of nitrogens with one attached hydrogen (secondary N) is 1. The van der Waals surface area contributed by atoms with E-state index < -0.39 is 17.7 Å². The highest BCUT2D eigenvalue weighted by Crippen LogP contribution is 2.38. The van der Waals surface area contributed by atoms with E-state index in [2.05, 4.69) is 12.2 Å². The Morgan fingerprint density at radius 2 is 1.78 bits per heavy atom. The molecule has 2 aromatic carbocycles. The zero-order valence-corrected chi connectivity index (χ0v) is 19.9. The van der Waals surface area contributed by atoms with Crippen molar-refractivity contribution in [1.29, 1.82) is 0 Å². The molecule has 0 saturated carbocycles. The number of carbonyl (C=O) groups is 2. The number of hydrogen-bond acceptors (Lipinski definition) is 3. The molecule has 3 rings (SSSR count). The molecular formula is C23H28Cl2N4O3. The van der Waals surface area contributed by atoms with Crippen LogP contribution < -0.4 is 10.2 Å². The molecule has 1 atom stereocenters. The van der Waals surface area contributed by atoms with Crippen LogP contribution in [0.2, 0.25) is 10.0 Å². The number of rotatable bonds is 7. The van der Waals surface area contributed by atoms with Crippen molar-refractivity contribution in [3.8, 4) is 0 Å². The molecule has 172 valence electrons. The third-order valence-corrected chi connectivity index (χ3v) is 6.07. The first-order valence-electron chi connectivity index (χ1n) is 10.6. The van der Waals surface area contributed by atoms with E-state index in [1.54, 1.807) is 53.4 Å². The van der Waals surface area contributed by atoms with Crippen molar-refractivity contribution >= 4 is 46.6 Å². The maximum atomic E-state index is 13.5. The van der Waals surface area contributed by atoms with Crippen LogP contribution >= 0.6 is 23.2 Å². The van der Waals surface area contributed by atoms with E-state index in [1.165, 1.54) is 4.90 Å². The van der Waals surface area contributed by atoms with Crippen LogP contribution in [0.15, 0.2) is 48.5 Å².